The number of aromatic amines is 1. The van der Waals surface area contributed by atoms with Crippen LogP contribution in [0.1, 0.15) is 37.4 Å². The molecule has 4 rings (SSSR count). The summed E-state index contributed by atoms with van der Waals surface area (Å²) in [6.07, 6.45) is 5.40. The molecule has 2 unspecified atom stereocenters. The number of ether oxygens (including phenoxy) is 1. The molecule has 2 aromatic rings. The number of piperidine rings is 2. The van der Waals surface area contributed by atoms with Crippen LogP contribution in [-0.4, -0.2) is 76.5 Å². The van der Waals surface area contributed by atoms with E-state index >= 15 is 0 Å². The van der Waals surface area contributed by atoms with Crippen LogP contribution < -0.4 is 0 Å². The Balaban J connectivity index is 1.42. The lowest BCUT2D eigenvalue weighted by atomic mass is 9.92. The number of hydrogen-bond donors (Lipinski definition) is 1. The van der Waals surface area contributed by atoms with Gasteiger partial charge in [-0.3, -0.25) is 9.59 Å². The number of carbonyl (C=O) groups is 2. The third-order valence-electron chi connectivity index (χ3n) is 5.79. The number of imidazole rings is 1. The first-order valence-electron chi connectivity index (χ1n) is 10.0. The van der Waals surface area contributed by atoms with Gasteiger partial charge >= 0.3 is 0 Å². The molecule has 0 radical (unpaired) electrons. The maximum absolute atomic E-state index is 13.1. The SMILES string of the molecule is COCC(=O)N1CCCC(C(=O)N2CCCC(c3nc4ncccc4[nH]3)C2)C1. The molecule has 28 heavy (non-hydrogen) atoms. The Morgan fingerprint density at radius 1 is 1.21 bits per heavy atom. The second-order valence-corrected chi connectivity index (χ2v) is 7.73. The van der Waals surface area contributed by atoms with Crippen LogP contribution in [0.15, 0.2) is 18.3 Å². The minimum absolute atomic E-state index is 0.0358. The van der Waals surface area contributed by atoms with Gasteiger partial charge in [-0.1, -0.05) is 0 Å². The van der Waals surface area contributed by atoms with Gasteiger partial charge in [-0.05, 0) is 37.8 Å². The number of fused-ring (bicyclic) bond motifs is 1. The molecule has 0 bridgehead atoms. The third kappa shape index (κ3) is 3.87. The molecule has 2 amide bonds. The predicted octanol–water partition coefficient (Wildman–Crippen LogP) is 1.55. The number of hydrogen-bond acceptors (Lipinski definition) is 5. The first-order chi connectivity index (χ1) is 13.7. The summed E-state index contributed by atoms with van der Waals surface area (Å²) in [5, 5.41) is 0. The molecule has 2 atom stereocenters. The van der Waals surface area contributed by atoms with Crippen molar-refractivity contribution >= 4 is 23.0 Å². The molecule has 150 valence electrons. The highest BCUT2D eigenvalue weighted by Gasteiger charge is 2.34. The smallest absolute Gasteiger partial charge is 0.248 e. The van der Waals surface area contributed by atoms with E-state index in [0.29, 0.717) is 19.6 Å². The molecule has 0 spiro atoms. The Hall–Kier alpha value is -2.48. The fourth-order valence-electron chi connectivity index (χ4n) is 4.34. The number of methoxy groups -OCH3 is 1. The summed E-state index contributed by atoms with van der Waals surface area (Å²) < 4.78 is 4.95. The lowest BCUT2D eigenvalue weighted by Gasteiger charge is -2.38. The van der Waals surface area contributed by atoms with E-state index in [2.05, 4.69) is 15.0 Å². The van der Waals surface area contributed by atoms with Crippen molar-refractivity contribution in [1.29, 1.82) is 0 Å². The van der Waals surface area contributed by atoms with E-state index in [0.717, 1.165) is 49.2 Å². The second-order valence-electron chi connectivity index (χ2n) is 7.73. The lowest BCUT2D eigenvalue weighted by molar-refractivity contribution is -0.143. The average Bonchev–Trinajstić information content (AvgIpc) is 3.18. The quantitative estimate of drug-likeness (QED) is 0.862. The standard InChI is InChI=1S/C20H27N5O3/c1-28-13-17(26)24-9-4-6-15(12-24)20(27)25-10-3-5-14(11-25)18-22-16-7-2-8-21-19(16)23-18/h2,7-8,14-15H,3-6,9-13H2,1H3,(H,21,22,23). The van der Waals surface area contributed by atoms with Crippen LogP contribution in [0.3, 0.4) is 0 Å². The van der Waals surface area contributed by atoms with Crippen molar-refractivity contribution in [2.45, 2.75) is 31.6 Å². The lowest BCUT2D eigenvalue weighted by Crippen LogP contribution is -2.49. The van der Waals surface area contributed by atoms with Crippen LogP contribution in [0.5, 0.6) is 0 Å². The Bertz CT molecular complexity index is 818. The van der Waals surface area contributed by atoms with E-state index in [1.54, 1.807) is 11.1 Å². The summed E-state index contributed by atoms with van der Waals surface area (Å²) in [6, 6.07) is 3.86. The van der Waals surface area contributed by atoms with Crippen LogP contribution in [0.2, 0.25) is 0 Å². The highest BCUT2D eigenvalue weighted by molar-refractivity contribution is 5.82. The molecule has 2 aliphatic heterocycles. The second kappa shape index (κ2) is 8.26. The molecule has 4 heterocycles. The topological polar surface area (TPSA) is 91.4 Å². The highest BCUT2D eigenvalue weighted by Crippen LogP contribution is 2.28. The molecular formula is C20H27N5O3. The number of aromatic nitrogens is 3. The first kappa shape index (κ1) is 18.9. The van der Waals surface area contributed by atoms with Crippen molar-refractivity contribution in [2.75, 3.05) is 39.9 Å². The molecule has 8 heteroatoms. The number of carbonyl (C=O) groups excluding carboxylic acids is 2. The third-order valence-corrected chi connectivity index (χ3v) is 5.79. The van der Waals surface area contributed by atoms with Gasteiger partial charge in [0.05, 0.1) is 11.4 Å². The maximum Gasteiger partial charge on any atom is 0.248 e. The highest BCUT2D eigenvalue weighted by atomic mass is 16.5. The van der Waals surface area contributed by atoms with Gasteiger partial charge in [0.15, 0.2) is 5.65 Å². The van der Waals surface area contributed by atoms with Crippen molar-refractivity contribution in [3.8, 4) is 0 Å². The molecule has 0 saturated carbocycles. The van der Waals surface area contributed by atoms with Crippen molar-refractivity contribution in [3.05, 3.63) is 24.2 Å². The van der Waals surface area contributed by atoms with Gasteiger partial charge in [0, 0.05) is 45.4 Å². The molecule has 2 aliphatic rings. The predicted molar refractivity (Wildman–Crippen MR) is 104 cm³/mol. The van der Waals surface area contributed by atoms with Gasteiger partial charge in [0.25, 0.3) is 0 Å². The number of likely N-dealkylation sites (tertiary alicyclic amines) is 2. The Labute approximate surface area is 164 Å². The average molecular weight is 385 g/mol. The van der Waals surface area contributed by atoms with Gasteiger partial charge in [-0.25, -0.2) is 9.97 Å². The maximum atomic E-state index is 13.1. The fraction of sp³-hybridized carbons (Fsp3) is 0.600. The molecule has 1 N–H and O–H groups in total. The zero-order valence-corrected chi connectivity index (χ0v) is 16.3. The van der Waals surface area contributed by atoms with E-state index in [-0.39, 0.29) is 30.3 Å². The Morgan fingerprint density at radius 3 is 2.86 bits per heavy atom. The van der Waals surface area contributed by atoms with Gasteiger partial charge in [0.1, 0.15) is 12.4 Å². The monoisotopic (exact) mass is 385 g/mol. The van der Waals surface area contributed by atoms with E-state index in [1.807, 2.05) is 17.0 Å². The Kier molecular flexibility index (Phi) is 5.57. The van der Waals surface area contributed by atoms with E-state index in [4.69, 9.17) is 4.74 Å². The molecule has 2 saturated heterocycles. The van der Waals surface area contributed by atoms with Crippen molar-refractivity contribution in [3.63, 3.8) is 0 Å². The van der Waals surface area contributed by atoms with Crippen molar-refractivity contribution in [2.24, 2.45) is 5.92 Å². The number of nitrogens with zero attached hydrogens (tertiary/aromatic N) is 4. The minimum atomic E-state index is -0.120. The van der Waals surface area contributed by atoms with Crippen molar-refractivity contribution in [1.82, 2.24) is 24.8 Å². The van der Waals surface area contributed by atoms with Gasteiger partial charge < -0.3 is 19.5 Å². The van der Waals surface area contributed by atoms with Crippen LogP contribution in [0, 0.1) is 5.92 Å². The van der Waals surface area contributed by atoms with E-state index < -0.39 is 0 Å². The Morgan fingerprint density at radius 2 is 2.04 bits per heavy atom. The summed E-state index contributed by atoms with van der Waals surface area (Å²) in [6.45, 7) is 2.72. The zero-order valence-electron chi connectivity index (χ0n) is 16.3. The number of H-pyrrole nitrogens is 1. The summed E-state index contributed by atoms with van der Waals surface area (Å²) in [4.78, 5) is 41.3. The zero-order chi connectivity index (χ0) is 19.5. The fourth-order valence-corrected chi connectivity index (χ4v) is 4.34. The van der Waals surface area contributed by atoms with Crippen molar-refractivity contribution < 1.29 is 14.3 Å². The molecule has 0 aliphatic carbocycles. The number of pyridine rings is 1. The normalized spacial score (nSPS) is 23.2. The van der Waals surface area contributed by atoms with Crippen LogP contribution in [0.4, 0.5) is 0 Å². The number of rotatable bonds is 4. The van der Waals surface area contributed by atoms with Gasteiger partial charge in [-0.2, -0.15) is 0 Å². The van der Waals surface area contributed by atoms with Gasteiger partial charge in [-0.15, -0.1) is 0 Å². The minimum Gasteiger partial charge on any atom is -0.375 e. The summed E-state index contributed by atoms with van der Waals surface area (Å²) >= 11 is 0. The summed E-state index contributed by atoms with van der Waals surface area (Å²) in [5.41, 5.74) is 1.65. The molecule has 8 nitrogen and oxygen atoms in total. The van der Waals surface area contributed by atoms with Crippen LogP contribution in [-0.2, 0) is 14.3 Å². The number of amides is 2. The summed E-state index contributed by atoms with van der Waals surface area (Å²) in [5.74, 6) is 1.11. The summed E-state index contributed by atoms with van der Waals surface area (Å²) in [7, 11) is 1.52. The van der Waals surface area contributed by atoms with Crippen LogP contribution >= 0.6 is 0 Å². The molecule has 0 aromatic carbocycles. The molecule has 2 aromatic heterocycles. The molecule has 2 fully saturated rings. The first-order valence-corrected chi connectivity index (χ1v) is 10.0. The number of nitrogens with one attached hydrogen (secondary N) is 1. The van der Waals surface area contributed by atoms with Gasteiger partial charge in [0.2, 0.25) is 11.8 Å². The van der Waals surface area contributed by atoms with E-state index in [9.17, 15) is 9.59 Å². The molecular weight excluding hydrogens is 358 g/mol. The largest absolute Gasteiger partial charge is 0.375 e. The van der Waals surface area contributed by atoms with Crippen LogP contribution in [0.25, 0.3) is 11.2 Å². The van der Waals surface area contributed by atoms with E-state index in [1.165, 1.54) is 7.11 Å².